The third-order valence-electron chi connectivity index (χ3n) is 4.67. The standard InChI is InChI=1S/C20H16N4O3S/c1-11-12-7-4-5-9-14(12)27-16(11)18-21-22-20-24(18)23-19(28-20)13-8-6-10-15(25-2)17(13)26-3/h4-10H,1-3H3. The predicted molar refractivity (Wildman–Crippen MR) is 107 cm³/mol. The number of benzene rings is 2. The number of furan rings is 1. The SMILES string of the molecule is COc1cccc(-c2nn3c(-c4oc5ccccc5c4C)nnc3s2)c1OC. The largest absolute Gasteiger partial charge is 0.493 e. The molecule has 0 fully saturated rings. The van der Waals surface area contributed by atoms with Gasteiger partial charge in [0.1, 0.15) is 5.58 Å². The van der Waals surface area contributed by atoms with Crippen LogP contribution >= 0.6 is 11.3 Å². The summed E-state index contributed by atoms with van der Waals surface area (Å²) in [5, 5.41) is 15.1. The Morgan fingerprint density at radius 3 is 2.64 bits per heavy atom. The zero-order chi connectivity index (χ0) is 19.3. The molecular weight excluding hydrogens is 376 g/mol. The van der Waals surface area contributed by atoms with Gasteiger partial charge in [-0.05, 0) is 25.1 Å². The molecule has 28 heavy (non-hydrogen) atoms. The molecule has 0 amide bonds. The zero-order valence-electron chi connectivity index (χ0n) is 15.5. The van der Waals surface area contributed by atoms with Crippen molar-refractivity contribution in [2.45, 2.75) is 6.92 Å². The van der Waals surface area contributed by atoms with Crippen molar-refractivity contribution >= 4 is 27.3 Å². The molecule has 0 spiro atoms. The predicted octanol–water partition coefficient (Wildman–Crippen LogP) is 4.59. The molecule has 0 radical (unpaired) electrons. The van der Waals surface area contributed by atoms with Crippen LogP contribution in [-0.2, 0) is 0 Å². The quantitative estimate of drug-likeness (QED) is 0.445. The number of ether oxygens (including phenoxy) is 2. The summed E-state index contributed by atoms with van der Waals surface area (Å²) in [7, 11) is 3.23. The van der Waals surface area contributed by atoms with E-state index in [9.17, 15) is 0 Å². The smallest absolute Gasteiger partial charge is 0.235 e. The molecule has 140 valence electrons. The summed E-state index contributed by atoms with van der Waals surface area (Å²) < 4.78 is 18.7. The van der Waals surface area contributed by atoms with Gasteiger partial charge in [-0.15, -0.1) is 10.2 Å². The molecule has 0 saturated heterocycles. The van der Waals surface area contributed by atoms with Crippen molar-refractivity contribution in [1.29, 1.82) is 0 Å². The first-order valence-corrected chi connectivity index (χ1v) is 9.45. The maximum atomic E-state index is 6.04. The number of aryl methyl sites for hydroxylation is 1. The molecule has 0 aliphatic rings. The molecule has 5 rings (SSSR count). The average Bonchev–Trinajstić information content (AvgIpc) is 3.40. The molecule has 0 bridgehead atoms. The molecule has 0 unspecified atom stereocenters. The number of rotatable bonds is 4. The highest BCUT2D eigenvalue weighted by molar-refractivity contribution is 7.19. The van der Waals surface area contributed by atoms with Crippen LogP contribution in [0.15, 0.2) is 46.9 Å². The molecule has 0 aliphatic carbocycles. The minimum Gasteiger partial charge on any atom is -0.493 e. The van der Waals surface area contributed by atoms with Gasteiger partial charge < -0.3 is 13.9 Å². The van der Waals surface area contributed by atoms with E-state index < -0.39 is 0 Å². The molecule has 0 atom stereocenters. The van der Waals surface area contributed by atoms with Crippen molar-refractivity contribution in [2.24, 2.45) is 0 Å². The third kappa shape index (κ3) is 2.38. The second-order valence-corrected chi connectivity index (χ2v) is 7.17. The van der Waals surface area contributed by atoms with Gasteiger partial charge in [-0.2, -0.15) is 9.61 Å². The number of hydrogen-bond acceptors (Lipinski definition) is 7. The monoisotopic (exact) mass is 392 g/mol. The van der Waals surface area contributed by atoms with E-state index in [1.807, 2.05) is 49.4 Å². The Labute approximate surface area is 164 Å². The van der Waals surface area contributed by atoms with Gasteiger partial charge in [0.2, 0.25) is 10.8 Å². The van der Waals surface area contributed by atoms with Crippen molar-refractivity contribution in [1.82, 2.24) is 19.8 Å². The Morgan fingerprint density at radius 1 is 1.00 bits per heavy atom. The first kappa shape index (κ1) is 16.8. The highest BCUT2D eigenvalue weighted by Gasteiger charge is 2.22. The lowest BCUT2D eigenvalue weighted by Gasteiger charge is -2.10. The Hall–Kier alpha value is -3.39. The summed E-state index contributed by atoms with van der Waals surface area (Å²) in [4.78, 5) is 0.676. The third-order valence-corrected chi connectivity index (χ3v) is 5.60. The van der Waals surface area contributed by atoms with Crippen LogP contribution in [0.3, 0.4) is 0 Å². The molecule has 2 aromatic carbocycles. The van der Waals surface area contributed by atoms with Crippen LogP contribution in [0.4, 0.5) is 0 Å². The van der Waals surface area contributed by atoms with Crippen molar-refractivity contribution in [3.8, 4) is 33.7 Å². The molecule has 3 heterocycles. The fraction of sp³-hybridized carbons (Fsp3) is 0.150. The zero-order valence-corrected chi connectivity index (χ0v) is 16.3. The maximum absolute atomic E-state index is 6.04. The van der Waals surface area contributed by atoms with E-state index >= 15 is 0 Å². The summed E-state index contributed by atoms with van der Waals surface area (Å²) in [6, 6.07) is 13.6. The fourth-order valence-corrected chi connectivity index (χ4v) is 4.17. The lowest BCUT2D eigenvalue weighted by atomic mass is 10.1. The molecule has 5 aromatic rings. The van der Waals surface area contributed by atoms with Gasteiger partial charge in [-0.1, -0.05) is 35.6 Å². The van der Waals surface area contributed by atoms with E-state index in [0.29, 0.717) is 28.0 Å². The van der Waals surface area contributed by atoms with E-state index in [-0.39, 0.29) is 0 Å². The van der Waals surface area contributed by atoms with E-state index in [1.165, 1.54) is 11.3 Å². The van der Waals surface area contributed by atoms with Crippen LogP contribution in [-0.4, -0.2) is 34.0 Å². The molecule has 0 aliphatic heterocycles. The second kappa shape index (κ2) is 6.35. The molecule has 7 nitrogen and oxygen atoms in total. The highest BCUT2D eigenvalue weighted by atomic mass is 32.1. The van der Waals surface area contributed by atoms with Crippen LogP contribution in [0, 0.1) is 6.92 Å². The van der Waals surface area contributed by atoms with Gasteiger partial charge in [-0.25, -0.2) is 0 Å². The normalized spacial score (nSPS) is 11.4. The van der Waals surface area contributed by atoms with E-state index in [1.54, 1.807) is 18.7 Å². The number of nitrogens with zero attached hydrogens (tertiary/aromatic N) is 4. The molecular formula is C20H16N4O3S. The van der Waals surface area contributed by atoms with Crippen molar-refractivity contribution in [3.63, 3.8) is 0 Å². The number of aromatic nitrogens is 4. The number of fused-ring (bicyclic) bond motifs is 2. The second-order valence-electron chi connectivity index (χ2n) is 6.22. The maximum Gasteiger partial charge on any atom is 0.235 e. The van der Waals surface area contributed by atoms with Crippen LogP contribution < -0.4 is 9.47 Å². The van der Waals surface area contributed by atoms with Gasteiger partial charge in [0, 0.05) is 10.9 Å². The minimum atomic E-state index is 0.577. The van der Waals surface area contributed by atoms with Gasteiger partial charge >= 0.3 is 0 Å². The summed E-state index contributed by atoms with van der Waals surface area (Å²) in [5.74, 6) is 2.53. The van der Waals surface area contributed by atoms with Gasteiger partial charge in [0.15, 0.2) is 22.3 Å². The van der Waals surface area contributed by atoms with Crippen LogP contribution in [0.1, 0.15) is 5.56 Å². The Bertz CT molecular complexity index is 1320. The number of hydrogen-bond donors (Lipinski definition) is 0. The Balaban J connectivity index is 1.69. The van der Waals surface area contributed by atoms with Crippen molar-refractivity contribution in [3.05, 3.63) is 48.0 Å². The number of para-hydroxylation sites is 2. The minimum absolute atomic E-state index is 0.577. The first-order chi connectivity index (χ1) is 13.7. The lowest BCUT2D eigenvalue weighted by molar-refractivity contribution is 0.356. The van der Waals surface area contributed by atoms with E-state index in [4.69, 9.17) is 19.0 Å². The Morgan fingerprint density at radius 2 is 1.86 bits per heavy atom. The molecule has 0 saturated carbocycles. The fourth-order valence-electron chi connectivity index (χ4n) is 3.31. The summed E-state index contributed by atoms with van der Waals surface area (Å²) >= 11 is 1.43. The van der Waals surface area contributed by atoms with Gasteiger partial charge in [0.05, 0.1) is 19.8 Å². The Kier molecular flexibility index (Phi) is 3.80. The van der Waals surface area contributed by atoms with Crippen LogP contribution in [0.2, 0.25) is 0 Å². The molecule has 3 aromatic heterocycles. The van der Waals surface area contributed by atoms with E-state index in [0.717, 1.165) is 27.1 Å². The molecule has 0 N–H and O–H groups in total. The van der Waals surface area contributed by atoms with Gasteiger partial charge in [0.25, 0.3) is 0 Å². The number of methoxy groups -OCH3 is 2. The van der Waals surface area contributed by atoms with Gasteiger partial charge in [-0.3, -0.25) is 0 Å². The van der Waals surface area contributed by atoms with Crippen molar-refractivity contribution < 1.29 is 13.9 Å². The summed E-state index contributed by atoms with van der Waals surface area (Å²) in [5.41, 5.74) is 2.67. The van der Waals surface area contributed by atoms with Crippen LogP contribution in [0.25, 0.3) is 38.1 Å². The van der Waals surface area contributed by atoms with E-state index in [2.05, 4.69) is 10.2 Å². The highest BCUT2D eigenvalue weighted by Crippen LogP contribution is 2.40. The summed E-state index contributed by atoms with van der Waals surface area (Å²) in [6.45, 7) is 2.01. The lowest BCUT2D eigenvalue weighted by Crippen LogP contribution is -1.94. The van der Waals surface area contributed by atoms with Crippen LogP contribution in [0.5, 0.6) is 11.5 Å². The topological polar surface area (TPSA) is 74.7 Å². The average molecular weight is 392 g/mol. The van der Waals surface area contributed by atoms with Crippen molar-refractivity contribution in [2.75, 3.05) is 14.2 Å². The molecule has 8 heteroatoms. The summed E-state index contributed by atoms with van der Waals surface area (Å²) in [6.07, 6.45) is 0. The first-order valence-electron chi connectivity index (χ1n) is 8.63.